The van der Waals surface area contributed by atoms with Crippen molar-refractivity contribution in [2.75, 3.05) is 21.2 Å². The van der Waals surface area contributed by atoms with Gasteiger partial charge in [-0.2, -0.15) is 0 Å². The number of hydrogen-bond acceptors (Lipinski definition) is 4. The largest absolute Gasteiger partial charge is 0.468 e. The van der Waals surface area contributed by atoms with Gasteiger partial charge in [-0.05, 0) is 30.5 Å². The summed E-state index contributed by atoms with van der Waals surface area (Å²) < 4.78 is 19.0. The molecule has 0 amide bonds. The van der Waals surface area contributed by atoms with Crippen LogP contribution in [0.1, 0.15) is 24.0 Å². The molecule has 0 radical (unpaired) electrons. The van der Waals surface area contributed by atoms with E-state index in [4.69, 9.17) is 4.74 Å². The van der Waals surface area contributed by atoms with Gasteiger partial charge in [-0.1, -0.05) is 12.1 Å². The Morgan fingerprint density at radius 1 is 1.41 bits per heavy atom. The zero-order valence-corrected chi connectivity index (χ0v) is 13.3. The predicted molar refractivity (Wildman–Crippen MR) is 80.8 cm³/mol. The lowest BCUT2D eigenvalue weighted by Crippen LogP contribution is -2.38. The first-order chi connectivity index (χ1) is 10.3. The molecule has 4 nitrogen and oxygen atoms in total. The molecule has 0 spiro atoms. The van der Waals surface area contributed by atoms with Crippen LogP contribution in [0.5, 0.6) is 0 Å². The zero-order valence-electron chi connectivity index (χ0n) is 13.3. The van der Waals surface area contributed by atoms with Gasteiger partial charge < -0.3 is 9.64 Å². The third-order valence-electron chi connectivity index (χ3n) is 4.14. The first-order valence-electron chi connectivity index (χ1n) is 7.10. The summed E-state index contributed by atoms with van der Waals surface area (Å²) in [6.07, 6.45) is 2.17. The summed E-state index contributed by atoms with van der Waals surface area (Å²) in [5.41, 5.74) is -0.00828. The van der Waals surface area contributed by atoms with Crippen LogP contribution in [-0.2, 0) is 19.7 Å². The number of Topliss-reactive ketones (excluding diaryl/α,β-unsaturated/α-hetero) is 1. The highest BCUT2D eigenvalue weighted by atomic mass is 19.1. The zero-order chi connectivity index (χ0) is 16.5. The third kappa shape index (κ3) is 2.40. The number of rotatable bonds is 3. The van der Waals surface area contributed by atoms with Crippen LogP contribution in [0.15, 0.2) is 30.0 Å². The maximum absolute atomic E-state index is 14.0. The van der Waals surface area contributed by atoms with E-state index in [1.54, 1.807) is 44.3 Å². The molecule has 0 aromatic heterocycles. The Bertz CT molecular complexity index is 651. The molecule has 1 atom stereocenters. The molecule has 1 fully saturated rings. The highest BCUT2D eigenvalue weighted by Crippen LogP contribution is 2.46. The lowest BCUT2D eigenvalue weighted by atomic mass is 9.74. The van der Waals surface area contributed by atoms with Gasteiger partial charge in [-0.25, -0.2) is 4.39 Å². The van der Waals surface area contributed by atoms with Gasteiger partial charge in [0.05, 0.1) is 7.11 Å². The standard InChI is InChI=1S/C17H20FNO3/c1-11-12(6-5-7-14(11)18)17(16(21)22-4)9-8-15(20)13(17)10-19(2)3/h5-7,10H,8-9H2,1-4H3/t17-/m1/s1. The van der Waals surface area contributed by atoms with Crippen LogP contribution in [0.25, 0.3) is 0 Å². The molecule has 1 aromatic carbocycles. The number of benzene rings is 1. The molecule has 1 aliphatic carbocycles. The second-order valence-corrected chi connectivity index (χ2v) is 5.74. The van der Waals surface area contributed by atoms with Gasteiger partial charge in [0.1, 0.15) is 11.2 Å². The molecule has 0 bridgehead atoms. The molecule has 2 rings (SSSR count). The molecule has 22 heavy (non-hydrogen) atoms. The molecule has 0 aliphatic heterocycles. The molecule has 1 saturated carbocycles. The fourth-order valence-corrected chi connectivity index (χ4v) is 3.09. The fraction of sp³-hybridized carbons (Fsp3) is 0.412. The summed E-state index contributed by atoms with van der Waals surface area (Å²) in [5.74, 6) is -1.03. The molecular weight excluding hydrogens is 285 g/mol. The van der Waals surface area contributed by atoms with Crippen molar-refractivity contribution in [3.8, 4) is 0 Å². The minimum atomic E-state index is -1.23. The number of methoxy groups -OCH3 is 1. The Hall–Kier alpha value is -2.17. The van der Waals surface area contributed by atoms with Gasteiger partial charge in [-0.15, -0.1) is 0 Å². The second kappa shape index (κ2) is 5.91. The number of carbonyl (C=O) groups is 2. The van der Waals surface area contributed by atoms with E-state index in [0.29, 0.717) is 23.1 Å². The van der Waals surface area contributed by atoms with Crippen LogP contribution in [0.2, 0.25) is 0 Å². The molecule has 0 heterocycles. The van der Waals surface area contributed by atoms with Gasteiger partial charge in [-0.3, -0.25) is 9.59 Å². The van der Waals surface area contributed by atoms with Crippen LogP contribution in [0.3, 0.4) is 0 Å². The van der Waals surface area contributed by atoms with Crippen molar-refractivity contribution in [3.05, 3.63) is 46.9 Å². The Balaban J connectivity index is 2.77. The Morgan fingerprint density at radius 3 is 2.68 bits per heavy atom. The number of esters is 1. The van der Waals surface area contributed by atoms with Crippen molar-refractivity contribution in [1.82, 2.24) is 4.90 Å². The highest BCUT2D eigenvalue weighted by Gasteiger charge is 2.52. The monoisotopic (exact) mass is 305 g/mol. The maximum atomic E-state index is 14.0. The first-order valence-corrected chi connectivity index (χ1v) is 7.10. The molecule has 5 heteroatoms. The van der Waals surface area contributed by atoms with Gasteiger partial charge in [0.25, 0.3) is 0 Å². The van der Waals surface area contributed by atoms with Crippen LogP contribution in [0.4, 0.5) is 4.39 Å². The van der Waals surface area contributed by atoms with E-state index >= 15 is 0 Å². The lowest BCUT2D eigenvalue weighted by Gasteiger charge is -2.30. The number of hydrogen-bond donors (Lipinski definition) is 0. The van der Waals surface area contributed by atoms with Gasteiger partial charge >= 0.3 is 5.97 Å². The van der Waals surface area contributed by atoms with E-state index in [9.17, 15) is 14.0 Å². The molecular formula is C17H20FNO3. The lowest BCUT2D eigenvalue weighted by molar-refractivity contribution is -0.146. The van der Waals surface area contributed by atoms with Crippen molar-refractivity contribution in [2.45, 2.75) is 25.2 Å². The minimum absolute atomic E-state index is 0.109. The fourth-order valence-electron chi connectivity index (χ4n) is 3.09. The van der Waals surface area contributed by atoms with E-state index < -0.39 is 17.2 Å². The van der Waals surface area contributed by atoms with E-state index in [0.717, 1.165) is 0 Å². The van der Waals surface area contributed by atoms with E-state index in [-0.39, 0.29) is 12.2 Å². The summed E-state index contributed by atoms with van der Waals surface area (Å²) in [7, 11) is 4.84. The van der Waals surface area contributed by atoms with E-state index in [1.165, 1.54) is 13.2 Å². The quantitative estimate of drug-likeness (QED) is 0.635. The van der Waals surface area contributed by atoms with Crippen molar-refractivity contribution < 1.29 is 18.7 Å². The van der Waals surface area contributed by atoms with E-state index in [1.807, 2.05) is 0 Å². The first kappa shape index (κ1) is 16.2. The summed E-state index contributed by atoms with van der Waals surface area (Å²) in [6, 6.07) is 4.59. The second-order valence-electron chi connectivity index (χ2n) is 5.74. The van der Waals surface area contributed by atoms with E-state index in [2.05, 4.69) is 0 Å². The van der Waals surface area contributed by atoms with Crippen LogP contribution >= 0.6 is 0 Å². The van der Waals surface area contributed by atoms with Crippen LogP contribution in [0, 0.1) is 12.7 Å². The summed E-state index contributed by atoms with van der Waals surface area (Å²) in [5, 5.41) is 0. The Kier molecular flexibility index (Phi) is 4.35. The molecule has 0 unspecified atom stereocenters. The molecule has 0 N–H and O–H groups in total. The summed E-state index contributed by atoms with van der Waals surface area (Å²) >= 11 is 0. The normalized spacial score (nSPS) is 23.0. The van der Waals surface area contributed by atoms with Crippen LogP contribution < -0.4 is 0 Å². The van der Waals surface area contributed by atoms with Gasteiger partial charge in [0.15, 0.2) is 5.78 Å². The number of ether oxygens (including phenoxy) is 1. The summed E-state index contributed by atoms with van der Waals surface area (Å²) in [4.78, 5) is 26.6. The third-order valence-corrected chi connectivity index (χ3v) is 4.14. The smallest absolute Gasteiger partial charge is 0.321 e. The SMILES string of the molecule is COC(=O)[C@@]1(c2cccc(F)c2C)CCC(=O)C1=CN(C)C. The van der Waals surface area contributed by atoms with Crippen molar-refractivity contribution in [3.63, 3.8) is 0 Å². The Morgan fingerprint density at radius 2 is 2.09 bits per heavy atom. The number of nitrogens with zero attached hydrogens (tertiary/aromatic N) is 1. The molecule has 0 saturated heterocycles. The summed E-state index contributed by atoms with van der Waals surface area (Å²) in [6.45, 7) is 1.62. The molecule has 1 aromatic rings. The Labute approximate surface area is 129 Å². The van der Waals surface area contributed by atoms with Crippen molar-refractivity contribution in [1.29, 1.82) is 0 Å². The molecule has 118 valence electrons. The van der Waals surface area contributed by atoms with Crippen molar-refractivity contribution >= 4 is 11.8 Å². The van der Waals surface area contributed by atoms with Crippen molar-refractivity contribution in [2.24, 2.45) is 0 Å². The van der Waals surface area contributed by atoms with Crippen LogP contribution in [-0.4, -0.2) is 37.9 Å². The highest BCUT2D eigenvalue weighted by molar-refractivity contribution is 6.09. The predicted octanol–water partition coefficient (Wildman–Crippen LogP) is 2.35. The molecule has 1 aliphatic rings. The average Bonchev–Trinajstić information content (AvgIpc) is 2.79. The number of carbonyl (C=O) groups excluding carboxylic acids is 2. The maximum Gasteiger partial charge on any atom is 0.321 e. The van der Waals surface area contributed by atoms with Gasteiger partial charge in [0, 0.05) is 32.3 Å². The van der Waals surface area contributed by atoms with Gasteiger partial charge in [0.2, 0.25) is 0 Å². The number of ketones is 1. The topological polar surface area (TPSA) is 46.6 Å². The minimum Gasteiger partial charge on any atom is -0.468 e. The average molecular weight is 305 g/mol. The number of halogens is 1.